The molecule has 2 atom stereocenters. The molecule has 3 aromatic rings. The van der Waals surface area contributed by atoms with Crippen molar-refractivity contribution < 1.29 is 4.74 Å². The van der Waals surface area contributed by atoms with Crippen LogP contribution >= 0.6 is 0 Å². The van der Waals surface area contributed by atoms with Gasteiger partial charge in [-0.3, -0.25) is 4.99 Å². The molecule has 0 aliphatic carbocycles. The molecular weight excluding hydrogens is 294 g/mol. The molecule has 2 heteroatoms. The number of rotatable bonds is 6. The van der Waals surface area contributed by atoms with Gasteiger partial charge in [0.05, 0.1) is 0 Å². The molecule has 2 nitrogen and oxygen atoms in total. The molecule has 0 spiro atoms. The first-order valence-corrected chi connectivity index (χ1v) is 8.09. The molecule has 0 N–H and O–H groups in total. The van der Waals surface area contributed by atoms with Gasteiger partial charge in [-0.2, -0.15) is 0 Å². The first-order chi connectivity index (χ1) is 11.9. The van der Waals surface area contributed by atoms with E-state index >= 15 is 0 Å². The lowest BCUT2D eigenvalue weighted by molar-refractivity contribution is 0.0811. The third-order valence-electron chi connectivity index (χ3n) is 3.99. The van der Waals surface area contributed by atoms with Gasteiger partial charge in [-0.25, -0.2) is 0 Å². The Hall–Kier alpha value is -2.71. The fraction of sp³-hybridized carbons (Fsp3) is 0.136. The largest absolute Gasteiger partial charge is 0.374 e. The Morgan fingerprint density at radius 2 is 1.21 bits per heavy atom. The number of nitrogens with zero attached hydrogens (tertiary/aromatic N) is 1. The van der Waals surface area contributed by atoms with Gasteiger partial charge < -0.3 is 4.74 Å². The van der Waals surface area contributed by atoms with Crippen molar-refractivity contribution in [3.63, 3.8) is 0 Å². The molecule has 120 valence electrons. The molecule has 0 saturated carbocycles. The highest BCUT2D eigenvalue weighted by Gasteiger charge is 2.23. The van der Waals surface area contributed by atoms with Crippen LogP contribution in [0.1, 0.15) is 28.8 Å². The summed E-state index contributed by atoms with van der Waals surface area (Å²) < 4.78 is 5.83. The van der Waals surface area contributed by atoms with E-state index < -0.39 is 0 Å². The van der Waals surface area contributed by atoms with Gasteiger partial charge >= 0.3 is 0 Å². The fourth-order valence-corrected chi connectivity index (χ4v) is 2.78. The molecule has 0 aliphatic heterocycles. The lowest BCUT2D eigenvalue weighted by Crippen LogP contribution is -2.12. The quantitative estimate of drug-likeness (QED) is 0.570. The summed E-state index contributed by atoms with van der Waals surface area (Å²) >= 11 is 0. The minimum atomic E-state index is -0.131. The first-order valence-electron chi connectivity index (χ1n) is 8.09. The van der Waals surface area contributed by atoms with Gasteiger partial charge in [0, 0.05) is 13.3 Å². The average Bonchev–Trinajstić information content (AvgIpc) is 2.67. The topological polar surface area (TPSA) is 21.6 Å². The molecule has 0 heterocycles. The van der Waals surface area contributed by atoms with E-state index in [0.29, 0.717) is 0 Å². The summed E-state index contributed by atoms with van der Waals surface area (Å²) in [6.07, 6.45) is 1.79. The molecule has 0 bridgehead atoms. The number of aliphatic imine (C=N–C) groups is 1. The number of hydrogen-bond donors (Lipinski definition) is 0. The molecule has 3 rings (SSSR count). The van der Waals surface area contributed by atoms with Crippen LogP contribution in [0.5, 0.6) is 0 Å². The van der Waals surface area contributed by atoms with E-state index in [4.69, 9.17) is 9.73 Å². The highest BCUT2D eigenvalue weighted by atomic mass is 16.5. The van der Waals surface area contributed by atoms with Crippen LogP contribution in [0.4, 0.5) is 0 Å². The zero-order chi connectivity index (χ0) is 16.6. The van der Waals surface area contributed by atoms with Gasteiger partial charge in [0.1, 0.15) is 12.1 Å². The van der Waals surface area contributed by atoms with E-state index in [9.17, 15) is 0 Å². The van der Waals surface area contributed by atoms with Crippen LogP contribution in [0.3, 0.4) is 0 Å². The van der Waals surface area contributed by atoms with E-state index in [0.717, 1.165) is 16.7 Å². The molecule has 0 aliphatic rings. The van der Waals surface area contributed by atoms with Gasteiger partial charge in [-0.1, -0.05) is 91.0 Å². The minimum absolute atomic E-state index is 0.0983. The first kappa shape index (κ1) is 16.2. The molecular formula is C22H21NO. The Bertz CT molecular complexity index is 754. The van der Waals surface area contributed by atoms with E-state index in [1.54, 1.807) is 7.11 Å². The van der Waals surface area contributed by atoms with Crippen molar-refractivity contribution in [2.75, 3.05) is 7.11 Å². The second-order valence-electron chi connectivity index (χ2n) is 5.61. The van der Waals surface area contributed by atoms with Crippen molar-refractivity contribution in [1.82, 2.24) is 0 Å². The maximum Gasteiger partial charge on any atom is 0.109 e. The number of benzene rings is 3. The summed E-state index contributed by atoms with van der Waals surface area (Å²) in [5.74, 6) is 0. The van der Waals surface area contributed by atoms with Crippen molar-refractivity contribution in [1.29, 1.82) is 0 Å². The normalized spacial score (nSPS) is 13.7. The predicted molar refractivity (Wildman–Crippen MR) is 99.4 cm³/mol. The molecule has 0 unspecified atom stereocenters. The Labute approximate surface area is 143 Å². The zero-order valence-electron chi connectivity index (χ0n) is 13.7. The summed E-state index contributed by atoms with van der Waals surface area (Å²) in [7, 11) is 1.74. The molecule has 0 aromatic heterocycles. The van der Waals surface area contributed by atoms with Gasteiger partial charge in [0.15, 0.2) is 0 Å². The molecule has 3 aromatic carbocycles. The summed E-state index contributed by atoms with van der Waals surface area (Å²) in [5.41, 5.74) is 3.35. The third-order valence-corrected chi connectivity index (χ3v) is 3.99. The lowest BCUT2D eigenvalue weighted by Gasteiger charge is -2.24. The lowest BCUT2D eigenvalue weighted by atomic mass is 9.96. The second-order valence-corrected chi connectivity index (χ2v) is 5.61. The molecule has 0 saturated heterocycles. The van der Waals surface area contributed by atoms with E-state index in [1.165, 1.54) is 0 Å². The Kier molecular flexibility index (Phi) is 5.54. The fourth-order valence-electron chi connectivity index (χ4n) is 2.78. The van der Waals surface area contributed by atoms with Gasteiger partial charge in [-0.15, -0.1) is 0 Å². The molecule has 0 fully saturated rings. The van der Waals surface area contributed by atoms with Crippen molar-refractivity contribution in [2.45, 2.75) is 12.1 Å². The van der Waals surface area contributed by atoms with Crippen LogP contribution in [-0.2, 0) is 4.74 Å². The third kappa shape index (κ3) is 3.98. The van der Waals surface area contributed by atoms with Crippen molar-refractivity contribution >= 4 is 6.21 Å². The highest BCUT2D eigenvalue weighted by molar-refractivity contribution is 5.79. The maximum atomic E-state index is 5.83. The summed E-state index contributed by atoms with van der Waals surface area (Å²) in [5, 5.41) is 0. The minimum Gasteiger partial charge on any atom is -0.374 e. The summed E-state index contributed by atoms with van der Waals surface area (Å²) in [6, 6.07) is 30.6. The second kappa shape index (κ2) is 8.23. The number of methoxy groups -OCH3 is 1. The monoisotopic (exact) mass is 315 g/mol. The molecule has 0 radical (unpaired) electrons. The van der Waals surface area contributed by atoms with Crippen LogP contribution in [0.2, 0.25) is 0 Å². The molecule has 24 heavy (non-hydrogen) atoms. The predicted octanol–water partition coefficient (Wildman–Crippen LogP) is 5.23. The number of ether oxygens (including phenoxy) is 1. The van der Waals surface area contributed by atoms with Crippen molar-refractivity contribution in [3.8, 4) is 0 Å². The van der Waals surface area contributed by atoms with Crippen LogP contribution in [0.25, 0.3) is 0 Å². The van der Waals surface area contributed by atoms with E-state index in [1.807, 2.05) is 60.8 Å². The van der Waals surface area contributed by atoms with Crippen LogP contribution in [0, 0.1) is 0 Å². The van der Waals surface area contributed by atoms with Crippen molar-refractivity contribution in [2.24, 2.45) is 4.99 Å². The number of hydrogen-bond acceptors (Lipinski definition) is 2. The van der Waals surface area contributed by atoms with Gasteiger partial charge in [0.2, 0.25) is 0 Å². The average molecular weight is 315 g/mol. The summed E-state index contributed by atoms with van der Waals surface area (Å²) in [4.78, 5) is 4.86. The van der Waals surface area contributed by atoms with E-state index in [-0.39, 0.29) is 12.1 Å². The van der Waals surface area contributed by atoms with Crippen LogP contribution < -0.4 is 0 Å². The highest BCUT2D eigenvalue weighted by Crippen LogP contribution is 2.34. The Morgan fingerprint density at radius 3 is 1.75 bits per heavy atom. The summed E-state index contributed by atoms with van der Waals surface area (Å²) in [6.45, 7) is 0. The van der Waals surface area contributed by atoms with Crippen LogP contribution in [0.15, 0.2) is 96.0 Å². The van der Waals surface area contributed by atoms with E-state index in [2.05, 4.69) is 36.4 Å². The standard InChI is InChI=1S/C22H21NO/c1-24-22(20-15-9-4-10-16-20)21(19-13-7-3-8-14-19)23-17-18-11-5-2-6-12-18/h2-17,21-22H,1H3/t21-,22+/m0/s1. The van der Waals surface area contributed by atoms with Crippen LogP contribution in [-0.4, -0.2) is 13.3 Å². The molecule has 0 amide bonds. The Balaban J connectivity index is 1.97. The van der Waals surface area contributed by atoms with Crippen molar-refractivity contribution in [3.05, 3.63) is 108 Å². The Morgan fingerprint density at radius 1 is 0.708 bits per heavy atom. The van der Waals surface area contributed by atoms with Gasteiger partial charge in [-0.05, 0) is 16.7 Å². The SMILES string of the molecule is CO[C@H](c1ccccc1)[C@@H](N=Cc1ccccc1)c1ccccc1. The zero-order valence-corrected chi connectivity index (χ0v) is 13.7. The maximum absolute atomic E-state index is 5.83. The van der Waals surface area contributed by atoms with Gasteiger partial charge in [0.25, 0.3) is 0 Å². The smallest absolute Gasteiger partial charge is 0.109 e.